The first kappa shape index (κ1) is 13.9. The maximum atomic E-state index is 12.0. The van der Waals surface area contributed by atoms with Crippen LogP contribution in [0.2, 0.25) is 0 Å². The van der Waals surface area contributed by atoms with Crippen molar-refractivity contribution in [3.05, 3.63) is 39.9 Å². The summed E-state index contributed by atoms with van der Waals surface area (Å²) in [7, 11) is 0. The van der Waals surface area contributed by atoms with Crippen molar-refractivity contribution >= 4 is 11.6 Å². The molecule has 0 unspecified atom stereocenters. The van der Waals surface area contributed by atoms with Gasteiger partial charge in [0.2, 0.25) is 0 Å². The molecule has 8 heteroatoms. The van der Waals surface area contributed by atoms with E-state index in [-0.39, 0.29) is 5.69 Å². The molecule has 1 aromatic carbocycles. The molecule has 5 nitrogen and oxygen atoms in total. The van der Waals surface area contributed by atoms with Crippen molar-refractivity contribution in [1.29, 1.82) is 0 Å². The number of nitrogens with one attached hydrogen (secondary N) is 1. The quantitative estimate of drug-likeness (QED) is 0.671. The molecule has 0 aliphatic carbocycles. The number of benzene rings is 1. The molecule has 0 saturated carbocycles. The summed E-state index contributed by atoms with van der Waals surface area (Å²) in [4.78, 5) is 20.4. The van der Waals surface area contributed by atoms with Crippen LogP contribution in [-0.2, 0) is 4.79 Å². The second-order valence-electron chi connectivity index (χ2n) is 3.54. The number of carbonyl (C=O) groups is 1. The van der Waals surface area contributed by atoms with Gasteiger partial charge in [0.1, 0.15) is 0 Å². The van der Waals surface area contributed by atoms with E-state index in [0.29, 0.717) is 5.56 Å². The first-order chi connectivity index (χ1) is 8.21. The molecule has 0 saturated heterocycles. The Morgan fingerprint density at radius 2 is 1.83 bits per heavy atom. The van der Waals surface area contributed by atoms with E-state index in [9.17, 15) is 28.1 Å². The number of nitro groups is 1. The van der Waals surface area contributed by atoms with Crippen molar-refractivity contribution in [3.8, 4) is 0 Å². The van der Waals surface area contributed by atoms with Crippen LogP contribution in [0.25, 0.3) is 0 Å². The molecular formula is C10H9F3N2O3. The number of halogens is 3. The minimum Gasteiger partial charge on any atom is -0.342 e. The molecule has 0 fully saturated rings. The van der Waals surface area contributed by atoms with Gasteiger partial charge in [0.15, 0.2) is 0 Å². The average Bonchev–Trinajstić information content (AvgIpc) is 2.27. The van der Waals surface area contributed by atoms with E-state index in [4.69, 9.17) is 0 Å². The monoisotopic (exact) mass is 262 g/mol. The molecule has 0 aromatic heterocycles. The third kappa shape index (κ3) is 3.44. The first-order valence-electron chi connectivity index (χ1n) is 4.84. The Balaban J connectivity index is 2.76. The fourth-order valence-electron chi connectivity index (χ4n) is 1.25. The molecule has 1 atom stereocenters. The lowest BCUT2D eigenvalue weighted by molar-refractivity contribution is -0.384. The summed E-state index contributed by atoms with van der Waals surface area (Å²) in [6.45, 7) is 1.35. The van der Waals surface area contributed by atoms with Gasteiger partial charge in [0, 0.05) is 12.1 Å². The smallest absolute Gasteiger partial charge is 0.342 e. The molecule has 98 valence electrons. The lowest BCUT2D eigenvalue weighted by atomic mass is 10.1. The largest absolute Gasteiger partial charge is 0.471 e. The van der Waals surface area contributed by atoms with Crippen LogP contribution in [0, 0.1) is 10.1 Å². The number of nitro benzene ring substituents is 1. The van der Waals surface area contributed by atoms with Gasteiger partial charge in [0.05, 0.1) is 11.0 Å². The average molecular weight is 262 g/mol. The maximum absolute atomic E-state index is 12.0. The minimum atomic E-state index is -4.95. The highest BCUT2D eigenvalue weighted by molar-refractivity contribution is 5.82. The topological polar surface area (TPSA) is 72.2 Å². The van der Waals surface area contributed by atoms with Crippen molar-refractivity contribution in [2.45, 2.75) is 19.1 Å². The van der Waals surface area contributed by atoms with Gasteiger partial charge >= 0.3 is 12.1 Å². The van der Waals surface area contributed by atoms with Gasteiger partial charge in [0.25, 0.3) is 5.69 Å². The standard InChI is InChI=1S/C10H9F3N2O3/c1-6(14-9(16)10(11,12)13)7-2-4-8(5-3-7)15(17)18/h2-6H,1H3,(H,14,16)/t6-/m1/s1. The fourth-order valence-corrected chi connectivity index (χ4v) is 1.25. The molecule has 0 heterocycles. The van der Waals surface area contributed by atoms with Crippen molar-refractivity contribution in [2.24, 2.45) is 0 Å². The lowest BCUT2D eigenvalue weighted by Gasteiger charge is -2.15. The molecule has 0 aliphatic heterocycles. The molecule has 1 aromatic rings. The van der Waals surface area contributed by atoms with Gasteiger partial charge in [-0.15, -0.1) is 0 Å². The highest BCUT2D eigenvalue weighted by Crippen LogP contribution is 2.20. The van der Waals surface area contributed by atoms with E-state index in [2.05, 4.69) is 0 Å². The molecular weight excluding hydrogens is 253 g/mol. The minimum absolute atomic E-state index is 0.173. The molecule has 18 heavy (non-hydrogen) atoms. The van der Waals surface area contributed by atoms with E-state index >= 15 is 0 Å². The Hall–Kier alpha value is -2.12. The number of alkyl halides is 3. The highest BCUT2D eigenvalue weighted by Gasteiger charge is 2.39. The summed E-state index contributed by atoms with van der Waals surface area (Å²) in [5.74, 6) is -2.05. The first-order valence-corrected chi connectivity index (χ1v) is 4.84. The van der Waals surface area contributed by atoms with Crippen LogP contribution in [0.1, 0.15) is 18.5 Å². The van der Waals surface area contributed by atoms with E-state index in [1.165, 1.54) is 19.1 Å². The van der Waals surface area contributed by atoms with Crippen molar-refractivity contribution in [3.63, 3.8) is 0 Å². The van der Waals surface area contributed by atoms with E-state index in [1.54, 1.807) is 5.32 Å². The number of hydrogen-bond donors (Lipinski definition) is 1. The second-order valence-corrected chi connectivity index (χ2v) is 3.54. The molecule has 1 amide bonds. The zero-order chi connectivity index (χ0) is 13.9. The third-order valence-corrected chi connectivity index (χ3v) is 2.21. The Labute approximate surface area is 99.8 Å². The Bertz CT molecular complexity index is 456. The maximum Gasteiger partial charge on any atom is 0.471 e. The zero-order valence-electron chi connectivity index (χ0n) is 9.19. The van der Waals surface area contributed by atoms with Gasteiger partial charge in [-0.05, 0) is 12.5 Å². The van der Waals surface area contributed by atoms with Crippen molar-refractivity contribution in [2.75, 3.05) is 0 Å². The third-order valence-electron chi connectivity index (χ3n) is 2.21. The van der Waals surface area contributed by atoms with Gasteiger partial charge in [-0.25, -0.2) is 0 Å². The number of non-ortho nitro benzene ring substituents is 1. The summed E-state index contributed by atoms with van der Waals surface area (Å²) < 4.78 is 36.0. The highest BCUT2D eigenvalue weighted by atomic mass is 19.4. The van der Waals surface area contributed by atoms with Crippen LogP contribution in [0.4, 0.5) is 18.9 Å². The van der Waals surface area contributed by atoms with E-state index < -0.39 is 23.0 Å². The van der Waals surface area contributed by atoms with Crippen LogP contribution < -0.4 is 5.32 Å². The number of nitrogens with zero attached hydrogens (tertiary/aromatic N) is 1. The zero-order valence-corrected chi connectivity index (χ0v) is 9.19. The summed E-state index contributed by atoms with van der Waals surface area (Å²) >= 11 is 0. The van der Waals surface area contributed by atoms with Gasteiger partial charge in [-0.3, -0.25) is 14.9 Å². The van der Waals surface area contributed by atoms with Gasteiger partial charge < -0.3 is 5.32 Å². The number of carbonyl (C=O) groups excluding carboxylic acids is 1. The normalized spacial score (nSPS) is 12.9. The Kier molecular flexibility index (Phi) is 3.89. The Morgan fingerprint density at radius 1 is 1.33 bits per heavy atom. The van der Waals surface area contributed by atoms with E-state index in [1.807, 2.05) is 0 Å². The lowest BCUT2D eigenvalue weighted by Crippen LogP contribution is -2.38. The molecule has 0 aliphatic rings. The van der Waals surface area contributed by atoms with Crippen LogP contribution >= 0.6 is 0 Å². The number of rotatable bonds is 3. The molecule has 1 rings (SSSR count). The van der Waals surface area contributed by atoms with Crippen LogP contribution in [-0.4, -0.2) is 17.0 Å². The van der Waals surface area contributed by atoms with E-state index in [0.717, 1.165) is 12.1 Å². The number of amides is 1. The molecule has 0 radical (unpaired) electrons. The predicted molar refractivity (Wildman–Crippen MR) is 55.7 cm³/mol. The summed E-state index contributed by atoms with van der Waals surface area (Å²) in [6.07, 6.45) is -4.95. The number of hydrogen-bond acceptors (Lipinski definition) is 3. The van der Waals surface area contributed by atoms with Crippen LogP contribution in [0.3, 0.4) is 0 Å². The Morgan fingerprint density at radius 3 is 2.22 bits per heavy atom. The van der Waals surface area contributed by atoms with Gasteiger partial charge in [-0.2, -0.15) is 13.2 Å². The SMILES string of the molecule is C[C@@H](NC(=O)C(F)(F)F)c1ccc([N+](=O)[O-])cc1. The molecule has 0 spiro atoms. The van der Waals surface area contributed by atoms with Gasteiger partial charge in [-0.1, -0.05) is 12.1 Å². The van der Waals surface area contributed by atoms with Crippen LogP contribution in [0.5, 0.6) is 0 Å². The van der Waals surface area contributed by atoms with Crippen molar-refractivity contribution < 1.29 is 22.9 Å². The molecule has 1 N–H and O–H groups in total. The second kappa shape index (κ2) is 5.03. The van der Waals surface area contributed by atoms with Crippen molar-refractivity contribution in [1.82, 2.24) is 5.32 Å². The predicted octanol–water partition coefficient (Wildman–Crippen LogP) is 2.33. The fraction of sp³-hybridized carbons (Fsp3) is 0.300. The van der Waals surface area contributed by atoms with Crippen LogP contribution in [0.15, 0.2) is 24.3 Å². The summed E-state index contributed by atoms with van der Waals surface area (Å²) in [5.41, 5.74) is 0.172. The summed E-state index contributed by atoms with van der Waals surface area (Å²) in [5, 5.41) is 12.1. The molecule has 0 bridgehead atoms. The summed E-state index contributed by atoms with van der Waals surface area (Å²) in [6, 6.07) is 4.01.